The molecule has 2 unspecified atom stereocenters. The third kappa shape index (κ3) is 5.02. The van der Waals surface area contributed by atoms with Crippen LogP contribution in [0.25, 0.3) is 0 Å². The third-order valence-corrected chi connectivity index (χ3v) is 7.58. The number of nitrogens with one attached hydrogen (secondary N) is 3. The summed E-state index contributed by atoms with van der Waals surface area (Å²) in [4.78, 5) is 16.3. The Hall–Kier alpha value is -2.81. The van der Waals surface area contributed by atoms with Crippen molar-refractivity contribution >= 4 is 29.1 Å². The molecule has 0 aromatic heterocycles. The van der Waals surface area contributed by atoms with Gasteiger partial charge in [0.05, 0.1) is 26.3 Å². The smallest absolute Gasteiger partial charge is 0.262 e. The largest absolute Gasteiger partial charge is 0.497 e. The van der Waals surface area contributed by atoms with Crippen LogP contribution >= 0.6 is 23.2 Å². The molecule has 0 aliphatic carbocycles. The lowest BCUT2D eigenvalue weighted by molar-refractivity contribution is -0.140. The number of carbonyl (C=O) groups is 1. The SMILES string of the molecule is COc1ccc(C2(C(=O)N3CCNCC3)NC(c3ccc(Cl)cc3)C(c3ccc(Cl)cc3)N2)c(OC)c1. The summed E-state index contributed by atoms with van der Waals surface area (Å²) in [5.74, 6) is 1.13. The lowest BCUT2D eigenvalue weighted by Crippen LogP contribution is -2.61. The van der Waals surface area contributed by atoms with Crippen molar-refractivity contribution in [3.05, 3.63) is 93.5 Å². The van der Waals surface area contributed by atoms with E-state index >= 15 is 0 Å². The molecule has 3 aromatic rings. The van der Waals surface area contributed by atoms with E-state index in [2.05, 4.69) is 16.0 Å². The quantitative estimate of drug-likeness (QED) is 0.433. The maximum Gasteiger partial charge on any atom is 0.262 e. The van der Waals surface area contributed by atoms with Crippen LogP contribution in [0.15, 0.2) is 66.7 Å². The molecule has 2 heterocycles. The number of halogens is 2. The van der Waals surface area contributed by atoms with Crippen LogP contribution in [0.1, 0.15) is 28.8 Å². The fraction of sp³-hybridized carbons (Fsp3) is 0.321. The zero-order valence-electron chi connectivity index (χ0n) is 20.8. The molecule has 0 bridgehead atoms. The molecule has 37 heavy (non-hydrogen) atoms. The van der Waals surface area contributed by atoms with Crippen LogP contribution in [0.2, 0.25) is 10.0 Å². The Morgan fingerprint density at radius 2 is 1.38 bits per heavy atom. The first kappa shape index (κ1) is 25.8. The summed E-state index contributed by atoms with van der Waals surface area (Å²) in [6.07, 6.45) is 0. The highest BCUT2D eigenvalue weighted by molar-refractivity contribution is 6.30. The van der Waals surface area contributed by atoms with E-state index in [0.29, 0.717) is 40.2 Å². The van der Waals surface area contributed by atoms with Gasteiger partial charge in [-0.1, -0.05) is 47.5 Å². The number of hydrogen-bond acceptors (Lipinski definition) is 6. The van der Waals surface area contributed by atoms with Crippen LogP contribution in [0.3, 0.4) is 0 Å². The summed E-state index contributed by atoms with van der Waals surface area (Å²) in [5.41, 5.74) is 1.43. The maximum absolute atomic E-state index is 14.5. The predicted octanol–water partition coefficient (Wildman–Crippen LogP) is 4.27. The molecule has 3 aromatic carbocycles. The van der Waals surface area contributed by atoms with Gasteiger partial charge < -0.3 is 19.7 Å². The third-order valence-electron chi connectivity index (χ3n) is 7.07. The average molecular weight is 541 g/mol. The van der Waals surface area contributed by atoms with Gasteiger partial charge in [-0.05, 0) is 47.5 Å². The highest BCUT2D eigenvalue weighted by Gasteiger charge is 2.54. The zero-order chi connectivity index (χ0) is 26.0. The standard InChI is InChI=1S/C28H30Cl2N4O3/c1-36-22-11-12-23(24(17-22)37-2)28(27(35)34-15-13-31-14-16-34)32-25(18-3-7-20(29)8-4-18)26(33-28)19-5-9-21(30)10-6-19/h3-12,17,25-26,31-33H,13-16H2,1-2H3. The summed E-state index contributed by atoms with van der Waals surface area (Å²) in [5, 5.41) is 12.0. The van der Waals surface area contributed by atoms with E-state index in [1.54, 1.807) is 20.3 Å². The minimum Gasteiger partial charge on any atom is -0.497 e. The second kappa shape index (κ2) is 10.9. The fourth-order valence-corrected chi connectivity index (χ4v) is 5.43. The van der Waals surface area contributed by atoms with Crippen molar-refractivity contribution in [1.82, 2.24) is 20.9 Å². The van der Waals surface area contributed by atoms with Gasteiger partial charge in [0.2, 0.25) is 0 Å². The number of rotatable bonds is 6. The molecule has 2 fully saturated rings. The van der Waals surface area contributed by atoms with Crippen molar-refractivity contribution in [2.24, 2.45) is 0 Å². The molecule has 5 rings (SSSR count). The summed E-state index contributed by atoms with van der Waals surface area (Å²) in [7, 11) is 3.21. The Labute approximate surface area is 227 Å². The van der Waals surface area contributed by atoms with E-state index in [1.165, 1.54) is 0 Å². The van der Waals surface area contributed by atoms with E-state index in [-0.39, 0.29) is 18.0 Å². The maximum atomic E-state index is 14.5. The van der Waals surface area contributed by atoms with Crippen molar-refractivity contribution in [3.63, 3.8) is 0 Å². The molecule has 0 spiro atoms. The van der Waals surface area contributed by atoms with Crippen LogP contribution < -0.4 is 25.4 Å². The first-order valence-electron chi connectivity index (χ1n) is 12.2. The zero-order valence-corrected chi connectivity index (χ0v) is 22.3. The number of nitrogens with zero attached hydrogens (tertiary/aromatic N) is 1. The Morgan fingerprint density at radius 3 is 1.86 bits per heavy atom. The van der Waals surface area contributed by atoms with E-state index in [1.807, 2.05) is 65.6 Å². The molecule has 0 radical (unpaired) electrons. The van der Waals surface area contributed by atoms with E-state index in [0.717, 1.165) is 24.2 Å². The number of piperazine rings is 1. The Bertz CT molecular complexity index is 1190. The number of amides is 1. The van der Waals surface area contributed by atoms with Crippen LogP contribution in [0.4, 0.5) is 0 Å². The molecule has 2 atom stereocenters. The molecule has 2 saturated heterocycles. The highest BCUT2D eigenvalue weighted by atomic mass is 35.5. The first-order valence-corrected chi connectivity index (χ1v) is 13.0. The van der Waals surface area contributed by atoms with Crippen molar-refractivity contribution in [3.8, 4) is 11.5 Å². The minimum absolute atomic E-state index is 0.0621. The van der Waals surface area contributed by atoms with Crippen LogP contribution in [0.5, 0.6) is 11.5 Å². The van der Waals surface area contributed by atoms with Crippen molar-refractivity contribution in [2.75, 3.05) is 40.4 Å². The lowest BCUT2D eigenvalue weighted by Gasteiger charge is -2.38. The van der Waals surface area contributed by atoms with Gasteiger partial charge >= 0.3 is 0 Å². The predicted molar refractivity (Wildman–Crippen MR) is 145 cm³/mol. The highest BCUT2D eigenvalue weighted by Crippen LogP contribution is 2.45. The average Bonchev–Trinajstić information content (AvgIpc) is 3.35. The van der Waals surface area contributed by atoms with Gasteiger partial charge in [0.1, 0.15) is 11.5 Å². The van der Waals surface area contributed by atoms with Crippen LogP contribution in [-0.2, 0) is 10.5 Å². The van der Waals surface area contributed by atoms with Crippen molar-refractivity contribution < 1.29 is 14.3 Å². The summed E-state index contributed by atoms with van der Waals surface area (Å²) >= 11 is 12.4. The second-order valence-corrected chi connectivity index (χ2v) is 10.1. The summed E-state index contributed by atoms with van der Waals surface area (Å²) in [6.45, 7) is 2.70. The molecule has 9 heteroatoms. The molecule has 194 valence electrons. The molecule has 2 aliphatic rings. The van der Waals surface area contributed by atoms with E-state index in [9.17, 15) is 4.79 Å². The number of ether oxygens (including phenoxy) is 2. The number of benzene rings is 3. The van der Waals surface area contributed by atoms with E-state index in [4.69, 9.17) is 32.7 Å². The molecule has 0 saturated carbocycles. The number of carbonyl (C=O) groups excluding carboxylic acids is 1. The van der Waals surface area contributed by atoms with Gasteiger partial charge in [-0.2, -0.15) is 0 Å². The molecular weight excluding hydrogens is 511 g/mol. The van der Waals surface area contributed by atoms with Gasteiger partial charge in [-0.15, -0.1) is 0 Å². The Balaban J connectivity index is 1.67. The summed E-state index contributed by atoms with van der Waals surface area (Å²) < 4.78 is 11.2. The topological polar surface area (TPSA) is 74.9 Å². The van der Waals surface area contributed by atoms with Gasteiger partial charge in [-0.25, -0.2) is 0 Å². The molecular formula is C28H30Cl2N4O3. The molecule has 3 N–H and O–H groups in total. The Morgan fingerprint density at radius 1 is 0.838 bits per heavy atom. The molecule has 1 amide bonds. The number of methoxy groups -OCH3 is 2. The molecule has 7 nitrogen and oxygen atoms in total. The summed E-state index contributed by atoms with van der Waals surface area (Å²) in [6, 6.07) is 20.4. The van der Waals surface area contributed by atoms with E-state index < -0.39 is 5.66 Å². The van der Waals surface area contributed by atoms with Crippen LogP contribution in [0, 0.1) is 0 Å². The minimum atomic E-state index is -1.26. The Kier molecular flexibility index (Phi) is 7.60. The fourth-order valence-electron chi connectivity index (χ4n) is 5.17. The van der Waals surface area contributed by atoms with Gasteiger partial charge in [-0.3, -0.25) is 15.4 Å². The van der Waals surface area contributed by atoms with Crippen molar-refractivity contribution in [1.29, 1.82) is 0 Å². The van der Waals surface area contributed by atoms with Crippen molar-refractivity contribution in [2.45, 2.75) is 17.7 Å². The lowest BCUT2D eigenvalue weighted by atomic mass is 9.95. The molecule has 2 aliphatic heterocycles. The van der Waals surface area contributed by atoms with Gasteiger partial charge in [0.25, 0.3) is 5.91 Å². The van der Waals surface area contributed by atoms with Gasteiger partial charge in [0, 0.05) is 47.9 Å². The van der Waals surface area contributed by atoms with Gasteiger partial charge in [0.15, 0.2) is 5.66 Å². The van der Waals surface area contributed by atoms with Crippen LogP contribution in [-0.4, -0.2) is 51.2 Å². The second-order valence-electron chi connectivity index (χ2n) is 9.21. The monoisotopic (exact) mass is 540 g/mol. The first-order chi connectivity index (χ1) is 17.9. The normalized spacial score (nSPS) is 23.6. The number of hydrogen-bond donors (Lipinski definition) is 3.